The van der Waals surface area contributed by atoms with Crippen LogP contribution in [0.1, 0.15) is 26.5 Å². The maximum atomic E-state index is 12.1. The van der Waals surface area contributed by atoms with E-state index in [-0.39, 0.29) is 5.69 Å². The molecule has 1 aromatic carbocycles. The number of pyridine rings is 1. The molecule has 0 saturated heterocycles. The van der Waals surface area contributed by atoms with E-state index in [0.717, 1.165) is 53.7 Å². The number of anilines is 1. The van der Waals surface area contributed by atoms with Crippen molar-refractivity contribution in [3.63, 3.8) is 0 Å². The van der Waals surface area contributed by atoms with Gasteiger partial charge in [0.25, 0.3) is 5.56 Å². The zero-order chi connectivity index (χ0) is 26.7. The Labute approximate surface area is 215 Å². The summed E-state index contributed by atoms with van der Waals surface area (Å²) in [6.07, 6.45) is 5.97. The molecule has 0 bridgehead atoms. The molecule has 198 valence electrons. The largest absolute Gasteiger partial charge is 0.440 e. The topological polar surface area (TPSA) is 140 Å². The summed E-state index contributed by atoms with van der Waals surface area (Å²) in [6.45, 7) is 10.1. The fourth-order valence-electron chi connectivity index (χ4n) is 4.25. The highest BCUT2D eigenvalue weighted by Gasteiger charge is 2.17. The predicted molar refractivity (Wildman–Crippen MR) is 145 cm³/mol. The summed E-state index contributed by atoms with van der Waals surface area (Å²) in [5.74, 6) is 1.20. The van der Waals surface area contributed by atoms with Gasteiger partial charge in [-0.1, -0.05) is 6.92 Å². The first kappa shape index (κ1) is 26.6. The summed E-state index contributed by atoms with van der Waals surface area (Å²) in [6, 6.07) is 5.75. The summed E-state index contributed by atoms with van der Waals surface area (Å²) in [5.41, 5.74) is 2.23. The minimum Gasteiger partial charge on any atom is -0.440 e. The summed E-state index contributed by atoms with van der Waals surface area (Å²) in [5, 5.41) is 7.97. The molecule has 11 nitrogen and oxygen atoms in total. The molecule has 0 radical (unpaired) electrons. The van der Waals surface area contributed by atoms with E-state index in [2.05, 4.69) is 62.5 Å². The molecule has 0 spiro atoms. The second-order valence-corrected chi connectivity index (χ2v) is 11.2. The molecule has 37 heavy (non-hydrogen) atoms. The smallest absolute Gasteiger partial charge is 0.272 e. The van der Waals surface area contributed by atoms with Crippen LogP contribution in [0.15, 0.2) is 46.0 Å². The number of oxazole rings is 1. The first-order chi connectivity index (χ1) is 17.5. The average Bonchev–Trinajstić information content (AvgIpc) is 3.48. The quantitative estimate of drug-likeness (QED) is 0.270. The van der Waals surface area contributed by atoms with Gasteiger partial charge in [-0.05, 0) is 51.2 Å². The van der Waals surface area contributed by atoms with Gasteiger partial charge in [0.05, 0.1) is 30.7 Å². The van der Waals surface area contributed by atoms with Crippen LogP contribution in [0.25, 0.3) is 33.5 Å². The van der Waals surface area contributed by atoms with Gasteiger partial charge in [0.2, 0.25) is 15.9 Å². The summed E-state index contributed by atoms with van der Waals surface area (Å²) in [7, 11) is -1.56. The molecule has 0 amide bonds. The molecule has 0 fully saturated rings. The minimum atomic E-state index is -3.62. The third-order valence-corrected chi connectivity index (χ3v) is 6.80. The SMILES string of the molecule is CCN(CCN(C)Cc1cnc(-c2cc(-c3c[nH]c(=O)c(NS(C)(=O)=O)c3)cc3[nH]ncc23)o1)C(C)C. The van der Waals surface area contributed by atoms with E-state index in [1.165, 1.54) is 12.3 Å². The van der Waals surface area contributed by atoms with Gasteiger partial charge in [-0.3, -0.25) is 24.4 Å². The molecule has 4 rings (SSSR count). The van der Waals surface area contributed by atoms with Crippen molar-refractivity contribution in [3.8, 4) is 22.6 Å². The van der Waals surface area contributed by atoms with E-state index in [1.807, 2.05) is 12.1 Å². The Bertz CT molecular complexity index is 1540. The maximum absolute atomic E-state index is 12.1. The van der Waals surface area contributed by atoms with E-state index >= 15 is 0 Å². The molecule has 3 N–H and O–H groups in total. The van der Waals surface area contributed by atoms with Gasteiger partial charge >= 0.3 is 0 Å². The monoisotopic (exact) mass is 527 g/mol. The first-order valence-electron chi connectivity index (χ1n) is 12.1. The fraction of sp³-hybridized carbons (Fsp3) is 0.400. The Morgan fingerprint density at radius 3 is 2.62 bits per heavy atom. The molecule has 0 aliphatic rings. The highest BCUT2D eigenvalue weighted by atomic mass is 32.2. The van der Waals surface area contributed by atoms with Crippen LogP contribution >= 0.6 is 0 Å². The lowest BCUT2D eigenvalue weighted by atomic mass is 10.0. The molecule has 4 aromatic rings. The van der Waals surface area contributed by atoms with E-state index in [9.17, 15) is 13.2 Å². The third-order valence-electron chi connectivity index (χ3n) is 6.21. The average molecular weight is 528 g/mol. The van der Waals surface area contributed by atoms with E-state index in [1.54, 1.807) is 12.4 Å². The van der Waals surface area contributed by atoms with Crippen LogP contribution in [0.5, 0.6) is 0 Å². The number of nitrogens with one attached hydrogen (secondary N) is 3. The van der Waals surface area contributed by atoms with E-state index in [0.29, 0.717) is 24.0 Å². The summed E-state index contributed by atoms with van der Waals surface area (Å²) >= 11 is 0. The fourth-order valence-corrected chi connectivity index (χ4v) is 4.80. The molecule has 0 aliphatic carbocycles. The highest BCUT2D eigenvalue weighted by Crippen LogP contribution is 2.33. The van der Waals surface area contributed by atoms with Crippen LogP contribution in [0.3, 0.4) is 0 Å². The molecule has 3 heterocycles. The Kier molecular flexibility index (Phi) is 7.81. The maximum Gasteiger partial charge on any atom is 0.272 e. The summed E-state index contributed by atoms with van der Waals surface area (Å²) in [4.78, 5) is 23.9. The molecule has 3 aromatic heterocycles. The zero-order valence-electron chi connectivity index (χ0n) is 21.7. The van der Waals surface area contributed by atoms with Gasteiger partial charge in [0.1, 0.15) is 11.4 Å². The molecule has 0 aliphatic heterocycles. The van der Waals surface area contributed by atoms with Crippen molar-refractivity contribution in [2.75, 3.05) is 37.7 Å². The number of benzene rings is 1. The number of rotatable bonds is 11. The van der Waals surface area contributed by atoms with Crippen molar-refractivity contribution in [2.24, 2.45) is 0 Å². The number of fused-ring (bicyclic) bond motifs is 1. The van der Waals surface area contributed by atoms with Gasteiger partial charge < -0.3 is 9.40 Å². The zero-order valence-corrected chi connectivity index (χ0v) is 22.5. The Morgan fingerprint density at radius 1 is 1.14 bits per heavy atom. The molecule has 0 saturated carbocycles. The Balaban J connectivity index is 1.61. The molecule has 0 atom stereocenters. The molecule has 12 heteroatoms. The lowest BCUT2D eigenvalue weighted by Crippen LogP contribution is -2.37. The Morgan fingerprint density at radius 2 is 1.92 bits per heavy atom. The van der Waals surface area contributed by atoms with Crippen molar-refractivity contribution in [3.05, 3.63) is 52.9 Å². The lowest BCUT2D eigenvalue weighted by molar-refractivity contribution is 0.190. The van der Waals surface area contributed by atoms with E-state index in [4.69, 9.17) is 4.42 Å². The third kappa shape index (κ3) is 6.45. The first-order valence-corrected chi connectivity index (χ1v) is 14.0. The van der Waals surface area contributed by atoms with Crippen LogP contribution in [0.2, 0.25) is 0 Å². The lowest BCUT2D eigenvalue weighted by Gasteiger charge is -2.27. The van der Waals surface area contributed by atoms with Crippen LogP contribution in [0.4, 0.5) is 5.69 Å². The predicted octanol–water partition coefficient (Wildman–Crippen LogP) is 3.11. The normalized spacial score (nSPS) is 12.3. The van der Waals surface area contributed by atoms with Crippen LogP contribution in [-0.4, -0.2) is 77.4 Å². The van der Waals surface area contributed by atoms with Crippen molar-refractivity contribution in [1.29, 1.82) is 0 Å². The number of aromatic nitrogens is 4. The number of aromatic amines is 2. The number of hydrogen-bond donors (Lipinski definition) is 3. The number of nitrogens with zero attached hydrogens (tertiary/aromatic N) is 4. The van der Waals surface area contributed by atoms with Gasteiger partial charge in [-0.15, -0.1) is 0 Å². The second kappa shape index (κ2) is 10.9. The highest BCUT2D eigenvalue weighted by molar-refractivity contribution is 7.92. The van der Waals surface area contributed by atoms with Gasteiger partial charge in [0.15, 0.2) is 0 Å². The van der Waals surface area contributed by atoms with E-state index < -0.39 is 15.6 Å². The number of sulfonamides is 1. The minimum absolute atomic E-state index is 0.0631. The molecular weight excluding hydrogens is 494 g/mol. The van der Waals surface area contributed by atoms with Crippen molar-refractivity contribution >= 4 is 26.6 Å². The van der Waals surface area contributed by atoms with Crippen LogP contribution in [-0.2, 0) is 16.6 Å². The van der Waals surface area contributed by atoms with Crippen molar-refractivity contribution in [2.45, 2.75) is 33.4 Å². The van der Waals surface area contributed by atoms with Crippen LogP contribution in [0, 0.1) is 0 Å². The van der Waals surface area contributed by atoms with Gasteiger partial charge in [0, 0.05) is 41.8 Å². The number of likely N-dealkylation sites (N-methyl/N-ethyl adjacent to an activating group) is 2. The molecular formula is C25H33N7O4S. The standard InChI is InChI=1S/C25H33N7O4S/c1-6-32(16(2)3)8-7-31(4)15-19-13-27-25(36-19)20-9-17(10-22-21(20)14-28-29-22)18-11-23(24(33)26-12-18)30-37(5,34)35/h9-14,16,30H,6-8,15H2,1-5H3,(H,26,33)(H,28,29). The number of hydrogen-bond acceptors (Lipinski definition) is 8. The molecule has 0 unspecified atom stereocenters. The van der Waals surface area contributed by atoms with Crippen molar-refractivity contribution < 1.29 is 12.8 Å². The summed E-state index contributed by atoms with van der Waals surface area (Å²) < 4.78 is 31.7. The Hall–Kier alpha value is -3.48. The van der Waals surface area contributed by atoms with Crippen LogP contribution < -0.4 is 10.3 Å². The van der Waals surface area contributed by atoms with Gasteiger partial charge in [-0.2, -0.15) is 5.10 Å². The second-order valence-electron chi connectivity index (χ2n) is 9.45. The van der Waals surface area contributed by atoms with Gasteiger partial charge in [-0.25, -0.2) is 13.4 Å². The number of H-pyrrole nitrogens is 2. The van der Waals surface area contributed by atoms with Crippen molar-refractivity contribution in [1.82, 2.24) is 30.0 Å².